The van der Waals surface area contributed by atoms with Crippen molar-refractivity contribution in [3.63, 3.8) is 0 Å². The molecule has 4 nitrogen and oxygen atoms in total. The minimum absolute atomic E-state index is 0.0476. The van der Waals surface area contributed by atoms with Gasteiger partial charge in [0.05, 0.1) is 18.1 Å². The van der Waals surface area contributed by atoms with Crippen molar-refractivity contribution in [2.45, 2.75) is 10.1 Å². The zero-order valence-corrected chi connectivity index (χ0v) is 12.1. The van der Waals surface area contributed by atoms with Crippen LogP contribution in [0.1, 0.15) is 15.6 Å². The fourth-order valence-electron chi connectivity index (χ4n) is 2.60. The number of carbonyl (C=O) groups is 1. The lowest BCUT2D eigenvalue weighted by Crippen LogP contribution is -2.20. The van der Waals surface area contributed by atoms with Gasteiger partial charge < -0.3 is 4.74 Å². The van der Waals surface area contributed by atoms with E-state index in [1.807, 2.05) is 42.5 Å². The molecule has 104 valence electrons. The van der Waals surface area contributed by atoms with Gasteiger partial charge in [-0.05, 0) is 11.6 Å². The largest absolute Gasteiger partial charge is 0.497 e. The summed E-state index contributed by atoms with van der Waals surface area (Å²) in [5.41, 5.74) is 2.66. The van der Waals surface area contributed by atoms with Crippen LogP contribution in [0.4, 0.5) is 0 Å². The highest BCUT2D eigenvalue weighted by molar-refractivity contribution is 8.00. The van der Waals surface area contributed by atoms with E-state index in [2.05, 4.69) is 4.98 Å². The zero-order chi connectivity index (χ0) is 14.4. The number of hydrogen-bond donors (Lipinski definition) is 0. The van der Waals surface area contributed by atoms with Gasteiger partial charge in [-0.1, -0.05) is 30.3 Å². The summed E-state index contributed by atoms with van der Waals surface area (Å²) >= 11 is 1.55. The number of rotatable bonds is 2. The lowest BCUT2D eigenvalue weighted by molar-refractivity contribution is 0.0912. The van der Waals surface area contributed by atoms with Gasteiger partial charge in [0.2, 0.25) is 5.91 Å². The molecule has 2 heterocycles. The smallest absolute Gasteiger partial charge is 0.250 e. The van der Waals surface area contributed by atoms with Gasteiger partial charge in [-0.25, -0.2) is 4.98 Å². The van der Waals surface area contributed by atoms with Crippen molar-refractivity contribution < 1.29 is 9.53 Å². The molecule has 5 heteroatoms. The number of nitrogens with zero attached hydrogens (tertiary/aromatic N) is 2. The summed E-state index contributed by atoms with van der Waals surface area (Å²) in [4.78, 5) is 18.0. The number of hydrogen-bond acceptors (Lipinski definition) is 4. The summed E-state index contributed by atoms with van der Waals surface area (Å²) < 4.78 is 6.97. The van der Waals surface area contributed by atoms with E-state index in [0.717, 1.165) is 27.2 Å². The molecule has 0 spiro atoms. The first-order valence-corrected chi connectivity index (χ1v) is 7.47. The van der Waals surface area contributed by atoms with Gasteiger partial charge in [-0.3, -0.25) is 9.36 Å². The highest BCUT2D eigenvalue weighted by atomic mass is 32.2. The Morgan fingerprint density at radius 3 is 2.81 bits per heavy atom. The van der Waals surface area contributed by atoms with E-state index in [4.69, 9.17) is 4.74 Å². The van der Waals surface area contributed by atoms with E-state index >= 15 is 0 Å². The van der Waals surface area contributed by atoms with Crippen molar-refractivity contribution in [2.75, 3.05) is 7.11 Å². The average molecular weight is 296 g/mol. The van der Waals surface area contributed by atoms with Crippen molar-refractivity contribution >= 4 is 28.7 Å². The molecule has 21 heavy (non-hydrogen) atoms. The van der Waals surface area contributed by atoms with Crippen LogP contribution in [0.15, 0.2) is 53.7 Å². The third kappa shape index (κ3) is 1.85. The van der Waals surface area contributed by atoms with Gasteiger partial charge in [0.25, 0.3) is 0 Å². The number of benzene rings is 2. The van der Waals surface area contributed by atoms with E-state index in [9.17, 15) is 4.79 Å². The van der Waals surface area contributed by atoms with Crippen LogP contribution in [0.3, 0.4) is 0 Å². The van der Waals surface area contributed by atoms with Gasteiger partial charge in [-0.15, -0.1) is 11.8 Å². The number of thioether (sulfide) groups is 1. The second-order valence-electron chi connectivity index (χ2n) is 4.85. The van der Waals surface area contributed by atoms with Gasteiger partial charge in [0.15, 0.2) is 0 Å². The van der Waals surface area contributed by atoms with Crippen molar-refractivity contribution in [2.24, 2.45) is 0 Å². The molecule has 1 aliphatic heterocycles. The summed E-state index contributed by atoms with van der Waals surface area (Å²) in [6, 6.07) is 13.6. The standard InChI is InChI=1S/C16H12N2O2S/c1-20-11-7-12-14-13(8-11)21-15(10-5-3-2-4-6-10)16(19)18(14)9-17-12/h2-9,15H,1H3. The quantitative estimate of drug-likeness (QED) is 0.725. The molecule has 0 amide bonds. The first-order chi connectivity index (χ1) is 10.3. The van der Waals surface area contributed by atoms with E-state index in [0.29, 0.717) is 0 Å². The monoisotopic (exact) mass is 296 g/mol. The minimum atomic E-state index is -0.247. The lowest BCUT2D eigenvalue weighted by Gasteiger charge is -2.22. The van der Waals surface area contributed by atoms with Gasteiger partial charge in [-0.2, -0.15) is 0 Å². The topological polar surface area (TPSA) is 44.1 Å². The summed E-state index contributed by atoms with van der Waals surface area (Å²) in [5, 5.41) is -0.247. The molecule has 0 saturated heterocycles. The number of ether oxygens (including phenoxy) is 1. The van der Waals surface area contributed by atoms with Crippen LogP contribution in [-0.2, 0) is 0 Å². The Hall–Kier alpha value is -2.27. The molecule has 0 saturated carbocycles. The Labute approximate surface area is 125 Å². The molecule has 3 aromatic rings. The fraction of sp³-hybridized carbons (Fsp3) is 0.125. The maximum atomic E-state index is 12.7. The van der Waals surface area contributed by atoms with Crippen LogP contribution in [0, 0.1) is 0 Å². The third-order valence-electron chi connectivity index (χ3n) is 3.63. The normalized spacial score (nSPS) is 17.2. The van der Waals surface area contributed by atoms with E-state index < -0.39 is 0 Å². The maximum Gasteiger partial charge on any atom is 0.250 e. The molecule has 1 aromatic heterocycles. The molecular formula is C16H12N2O2S. The van der Waals surface area contributed by atoms with Gasteiger partial charge >= 0.3 is 0 Å². The first kappa shape index (κ1) is 12.5. The summed E-state index contributed by atoms with van der Waals surface area (Å²) in [5.74, 6) is 0.808. The Bertz CT molecular complexity index is 842. The molecule has 0 N–H and O–H groups in total. The Morgan fingerprint density at radius 1 is 1.24 bits per heavy atom. The summed E-state index contributed by atoms with van der Waals surface area (Å²) in [6.45, 7) is 0. The van der Waals surface area contributed by atoms with Crippen LogP contribution in [0.25, 0.3) is 11.0 Å². The molecule has 4 rings (SSSR count). The van der Waals surface area contributed by atoms with E-state index in [-0.39, 0.29) is 11.2 Å². The highest BCUT2D eigenvalue weighted by Crippen LogP contribution is 2.45. The van der Waals surface area contributed by atoms with E-state index in [1.165, 1.54) is 0 Å². The summed E-state index contributed by atoms with van der Waals surface area (Å²) in [7, 11) is 1.64. The average Bonchev–Trinajstić information content (AvgIpc) is 2.96. The fourth-order valence-corrected chi connectivity index (χ4v) is 3.86. The zero-order valence-electron chi connectivity index (χ0n) is 11.3. The molecule has 2 aromatic carbocycles. The third-order valence-corrected chi connectivity index (χ3v) is 4.90. The van der Waals surface area contributed by atoms with Gasteiger partial charge in [0.1, 0.15) is 17.3 Å². The van der Waals surface area contributed by atoms with Crippen molar-refractivity contribution in [1.29, 1.82) is 0 Å². The van der Waals surface area contributed by atoms with Crippen LogP contribution in [-0.4, -0.2) is 22.6 Å². The second kappa shape index (κ2) is 4.63. The highest BCUT2D eigenvalue weighted by Gasteiger charge is 2.31. The second-order valence-corrected chi connectivity index (χ2v) is 6.00. The SMILES string of the molecule is COc1cc2c3c(c1)ncn3C(=O)C(c1ccccc1)S2. The van der Waals surface area contributed by atoms with Crippen LogP contribution >= 0.6 is 11.8 Å². The predicted molar refractivity (Wildman–Crippen MR) is 82.0 cm³/mol. The molecule has 0 fully saturated rings. The van der Waals surface area contributed by atoms with Crippen LogP contribution in [0.2, 0.25) is 0 Å². The van der Waals surface area contributed by atoms with Crippen molar-refractivity contribution in [1.82, 2.24) is 9.55 Å². The predicted octanol–water partition coefficient (Wildman–Crippen LogP) is 3.53. The molecule has 0 radical (unpaired) electrons. The Balaban J connectivity index is 1.90. The number of methoxy groups -OCH3 is 1. The number of carbonyl (C=O) groups excluding carboxylic acids is 1. The van der Waals surface area contributed by atoms with E-state index in [1.54, 1.807) is 29.8 Å². The molecule has 1 aliphatic rings. The van der Waals surface area contributed by atoms with Crippen molar-refractivity contribution in [3.8, 4) is 5.75 Å². The number of imidazole rings is 1. The van der Waals surface area contributed by atoms with Crippen molar-refractivity contribution in [3.05, 3.63) is 54.4 Å². The van der Waals surface area contributed by atoms with Crippen LogP contribution < -0.4 is 4.74 Å². The summed E-state index contributed by atoms with van der Waals surface area (Å²) in [6.07, 6.45) is 1.60. The Morgan fingerprint density at radius 2 is 2.05 bits per heavy atom. The molecule has 1 unspecified atom stereocenters. The molecular weight excluding hydrogens is 284 g/mol. The number of aromatic nitrogens is 2. The molecule has 1 atom stereocenters. The first-order valence-electron chi connectivity index (χ1n) is 6.59. The van der Waals surface area contributed by atoms with Gasteiger partial charge in [0, 0.05) is 11.0 Å². The molecule has 0 aliphatic carbocycles. The minimum Gasteiger partial charge on any atom is -0.497 e. The Kier molecular flexibility index (Phi) is 2.75. The maximum absolute atomic E-state index is 12.7. The van der Waals surface area contributed by atoms with Crippen LogP contribution in [0.5, 0.6) is 5.75 Å². The molecule has 0 bridgehead atoms. The lowest BCUT2D eigenvalue weighted by atomic mass is 10.1.